The van der Waals surface area contributed by atoms with E-state index in [9.17, 15) is 0 Å². The second kappa shape index (κ2) is 3.84. The summed E-state index contributed by atoms with van der Waals surface area (Å²) in [5.41, 5.74) is 0.537. The predicted octanol–water partition coefficient (Wildman–Crippen LogP) is 1.49. The molecule has 0 bridgehead atoms. The molecule has 1 unspecified atom stereocenters. The molecule has 0 radical (unpaired) electrons. The van der Waals surface area contributed by atoms with Crippen LogP contribution in [0.4, 0.5) is 0 Å². The standard InChI is InChI=1S/C12H18BO2P/c1-11(2)12(3,4)15-13(14-11)9-6-5-7-10(16)8-9/h5-8H,16H2,1-4H3. The lowest BCUT2D eigenvalue weighted by Gasteiger charge is -2.32. The molecule has 2 rings (SSSR count). The van der Waals surface area contributed by atoms with E-state index in [1.165, 1.54) is 0 Å². The van der Waals surface area contributed by atoms with Gasteiger partial charge >= 0.3 is 7.12 Å². The van der Waals surface area contributed by atoms with Crippen molar-refractivity contribution in [3.05, 3.63) is 24.3 Å². The molecule has 1 aromatic rings. The van der Waals surface area contributed by atoms with Gasteiger partial charge in [-0.1, -0.05) is 24.3 Å². The Hall–Kier alpha value is -0.365. The first kappa shape index (κ1) is 12.1. The highest BCUT2D eigenvalue weighted by Gasteiger charge is 2.51. The molecule has 16 heavy (non-hydrogen) atoms. The van der Waals surface area contributed by atoms with Crippen LogP contribution in [0.2, 0.25) is 0 Å². The highest BCUT2D eigenvalue weighted by molar-refractivity contribution is 7.27. The smallest absolute Gasteiger partial charge is 0.399 e. The van der Waals surface area contributed by atoms with Crippen molar-refractivity contribution in [1.82, 2.24) is 0 Å². The van der Waals surface area contributed by atoms with Crippen LogP contribution in [-0.4, -0.2) is 18.3 Å². The van der Waals surface area contributed by atoms with E-state index in [0.717, 1.165) is 10.8 Å². The van der Waals surface area contributed by atoms with E-state index in [-0.39, 0.29) is 18.3 Å². The maximum atomic E-state index is 5.97. The van der Waals surface area contributed by atoms with E-state index in [1.807, 2.05) is 18.2 Å². The van der Waals surface area contributed by atoms with E-state index < -0.39 is 0 Å². The number of benzene rings is 1. The third-order valence-corrected chi connectivity index (χ3v) is 3.80. The average molecular weight is 236 g/mol. The summed E-state index contributed by atoms with van der Waals surface area (Å²) in [6.45, 7) is 8.27. The van der Waals surface area contributed by atoms with E-state index in [1.54, 1.807) is 0 Å². The van der Waals surface area contributed by atoms with Crippen molar-refractivity contribution in [2.75, 3.05) is 0 Å². The summed E-state index contributed by atoms with van der Waals surface area (Å²) in [6, 6.07) is 8.17. The molecule has 0 spiro atoms. The maximum absolute atomic E-state index is 5.97. The van der Waals surface area contributed by atoms with Crippen LogP contribution in [0.3, 0.4) is 0 Å². The molecule has 86 valence electrons. The van der Waals surface area contributed by atoms with Crippen molar-refractivity contribution in [2.45, 2.75) is 38.9 Å². The minimum atomic E-state index is -0.269. The molecule has 1 aliphatic rings. The normalized spacial score (nSPS) is 22.4. The van der Waals surface area contributed by atoms with Gasteiger partial charge in [0.1, 0.15) is 0 Å². The lowest BCUT2D eigenvalue weighted by Crippen LogP contribution is -2.41. The second-order valence-electron chi connectivity index (χ2n) is 5.26. The third-order valence-electron chi connectivity index (χ3n) is 3.44. The van der Waals surface area contributed by atoms with E-state index in [2.05, 4.69) is 43.0 Å². The first-order valence-electron chi connectivity index (χ1n) is 5.53. The van der Waals surface area contributed by atoms with Crippen LogP contribution in [0.15, 0.2) is 24.3 Å². The Kier molecular flexibility index (Phi) is 2.90. The van der Waals surface area contributed by atoms with E-state index in [0.29, 0.717) is 0 Å². The van der Waals surface area contributed by atoms with Crippen LogP contribution < -0.4 is 10.8 Å². The Morgan fingerprint density at radius 3 is 2.12 bits per heavy atom. The fourth-order valence-corrected chi connectivity index (χ4v) is 1.99. The zero-order valence-corrected chi connectivity index (χ0v) is 11.4. The summed E-state index contributed by atoms with van der Waals surface area (Å²) in [5.74, 6) is 0. The van der Waals surface area contributed by atoms with Crippen LogP contribution >= 0.6 is 9.24 Å². The summed E-state index contributed by atoms with van der Waals surface area (Å²) in [4.78, 5) is 0. The Morgan fingerprint density at radius 1 is 1.06 bits per heavy atom. The van der Waals surface area contributed by atoms with Crippen molar-refractivity contribution < 1.29 is 9.31 Å². The summed E-state index contributed by atoms with van der Waals surface area (Å²) in [7, 11) is 2.43. The van der Waals surface area contributed by atoms with Crippen LogP contribution in [0.5, 0.6) is 0 Å². The molecule has 1 atom stereocenters. The highest BCUT2D eigenvalue weighted by Crippen LogP contribution is 2.36. The SMILES string of the molecule is CC1(C)OB(c2cccc(P)c2)OC1(C)C. The molecule has 1 fully saturated rings. The van der Waals surface area contributed by atoms with Gasteiger partial charge in [0, 0.05) is 0 Å². The maximum Gasteiger partial charge on any atom is 0.494 e. The molecule has 1 heterocycles. The van der Waals surface area contributed by atoms with Crippen LogP contribution in [0, 0.1) is 0 Å². The molecule has 0 N–H and O–H groups in total. The van der Waals surface area contributed by atoms with Crippen molar-refractivity contribution in [2.24, 2.45) is 0 Å². The van der Waals surface area contributed by atoms with E-state index in [4.69, 9.17) is 9.31 Å². The Balaban J connectivity index is 2.27. The highest BCUT2D eigenvalue weighted by atomic mass is 31.0. The third kappa shape index (κ3) is 2.04. The Morgan fingerprint density at radius 2 is 1.62 bits per heavy atom. The molecule has 1 aliphatic heterocycles. The van der Waals surface area contributed by atoms with Gasteiger partial charge in [-0.15, -0.1) is 9.24 Å². The van der Waals surface area contributed by atoms with Gasteiger partial charge in [-0.2, -0.15) is 0 Å². The van der Waals surface area contributed by atoms with Crippen molar-refractivity contribution in [3.63, 3.8) is 0 Å². The van der Waals surface area contributed by atoms with Gasteiger partial charge < -0.3 is 9.31 Å². The molecule has 0 aromatic heterocycles. The van der Waals surface area contributed by atoms with Crippen molar-refractivity contribution in [3.8, 4) is 0 Å². The minimum Gasteiger partial charge on any atom is -0.399 e. The second-order valence-corrected chi connectivity index (χ2v) is 5.93. The summed E-state index contributed by atoms with van der Waals surface area (Å²) >= 11 is 0. The number of hydrogen-bond donors (Lipinski definition) is 0. The fraction of sp³-hybridized carbons (Fsp3) is 0.500. The fourth-order valence-electron chi connectivity index (χ4n) is 1.68. The summed E-state index contributed by atoms with van der Waals surface area (Å²) in [5, 5.41) is 1.15. The van der Waals surface area contributed by atoms with Gasteiger partial charge in [0.2, 0.25) is 0 Å². The average Bonchev–Trinajstić information content (AvgIpc) is 2.36. The molecule has 0 aliphatic carbocycles. The molecular formula is C12H18BO2P. The molecule has 2 nitrogen and oxygen atoms in total. The topological polar surface area (TPSA) is 18.5 Å². The zero-order valence-electron chi connectivity index (χ0n) is 10.3. The monoisotopic (exact) mass is 236 g/mol. The molecular weight excluding hydrogens is 218 g/mol. The summed E-state index contributed by atoms with van der Waals surface area (Å²) < 4.78 is 11.9. The molecule has 0 amide bonds. The first-order valence-corrected chi connectivity index (χ1v) is 6.11. The first-order chi connectivity index (χ1) is 7.32. The molecule has 4 heteroatoms. The number of hydrogen-bond acceptors (Lipinski definition) is 2. The van der Waals surface area contributed by atoms with E-state index >= 15 is 0 Å². The van der Waals surface area contributed by atoms with Crippen molar-refractivity contribution in [1.29, 1.82) is 0 Å². The quantitative estimate of drug-likeness (QED) is 0.543. The van der Waals surface area contributed by atoms with Gasteiger partial charge in [0.15, 0.2) is 0 Å². The molecule has 1 aromatic carbocycles. The van der Waals surface area contributed by atoms with Crippen molar-refractivity contribution >= 4 is 27.1 Å². The predicted molar refractivity (Wildman–Crippen MR) is 71.5 cm³/mol. The van der Waals surface area contributed by atoms with Gasteiger partial charge in [-0.3, -0.25) is 0 Å². The van der Waals surface area contributed by atoms with Gasteiger partial charge in [-0.25, -0.2) is 0 Å². The Bertz CT molecular complexity index is 388. The zero-order chi connectivity index (χ0) is 12.0. The number of rotatable bonds is 1. The van der Waals surface area contributed by atoms with Gasteiger partial charge in [0.05, 0.1) is 11.2 Å². The Labute approximate surface area is 100 Å². The largest absolute Gasteiger partial charge is 0.494 e. The summed E-state index contributed by atoms with van der Waals surface area (Å²) in [6.07, 6.45) is 0. The lowest BCUT2D eigenvalue weighted by atomic mass is 9.79. The molecule has 1 saturated heterocycles. The van der Waals surface area contributed by atoms with Gasteiger partial charge in [0.25, 0.3) is 0 Å². The van der Waals surface area contributed by atoms with Gasteiger partial charge in [-0.05, 0) is 38.5 Å². The van der Waals surface area contributed by atoms with Crippen LogP contribution in [0.1, 0.15) is 27.7 Å². The van der Waals surface area contributed by atoms with Crippen LogP contribution in [-0.2, 0) is 9.31 Å². The molecule has 0 saturated carbocycles. The van der Waals surface area contributed by atoms with Crippen LogP contribution in [0.25, 0.3) is 0 Å². The lowest BCUT2D eigenvalue weighted by molar-refractivity contribution is 0.00578. The minimum absolute atomic E-state index is 0.259.